The first-order chi connectivity index (χ1) is 25.7. The average molecular weight is 680 g/mol. The minimum atomic E-state index is 1.11. The second-order valence-electron chi connectivity index (χ2n) is 13.4. The van der Waals surface area contributed by atoms with Crippen LogP contribution < -0.4 is 4.90 Å². The Balaban J connectivity index is 1.06. The summed E-state index contributed by atoms with van der Waals surface area (Å²) >= 11 is 1.88. The predicted molar refractivity (Wildman–Crippen MR) is 225 cm³/mol. The summed E-state index contributed by atoms with van der Waals surface area (Å²) in [6.07, 6.45) is 0. The number of benzene rings is 9. The van der Waals surface area contributed by atoms with Crippen molar-refractivity contribution in [1.82, 2.24) is 0 Å². The van der Waals surface area contributed by atoms with Crippen LogP contribution in [0.1, 0.15) is 0 Å². The first kappa shape index (κ1) is 30.4. The molecule has 52 heavy (non-hydrogen) atoms. The summed E-state index contributed by atoms with van der Waals surface area (Å²) in [5.41, 5.74) is 10.7. The van der Waals surface area contributed by atoms with Gasteiger partial charge in [-0.2, -0.15) is 0 Å². The maximum Gasteiger partial charge on any atom is 0.0468 e. The van der Waals surface area contributed by atoms with Crippen molar-refractivity contribution >= 4 is 70.1 Å². The molecule has 0 aliphatic carbocycles. The van der Waals surface area contributed by atoms with Gasteiger partial charge in [0.15, 0.2) is 0 Å². The molecule has 1 nitrogen and oxygen atoms in total. The molecule has 10 rings (SSSR count). The Morgan fingerprint density at radius 1 is 0.308 bits per heavy atom. The molecule has 0 atom stereocenters. The number of hydrogen-bond acceptors (Lipinski definition) is 2. The van der Waals surface area contributed by atoms with Crippen molar-refractivity contribution in [2.24, 2.45) is 0 Å². The summed E-state index contributed by atoms with van der Waals surface area (Å²) in [6.45, 7) is 0. The van der Waals surface area contributed by atoms with E-state index in [2.05, 4.69) is 205 Å². The average Bonchev–Trinajstić information content (AvgIpc) is 3.60. The highest BCUT2D eigenvalue weighted by Gasteiger charge is 2.16. The van der Waals surface area contributed by atoms with Crippen molar-refractivity contribution in [3.05, 3.63) is 200 Å². The number of anilines is 3. The van der Waals surface area contributed by atoms with Crippen LogP contribution in [0, 0.1) is 0 Å². The molecular formula is C50H33NS. The van der Waals surface area contributed by atoms with Crippen LogP contribution in [0.25, 0.3) is 75.1 Å². The van der Waals surface area contributed by atoms with Crippen LogP contribution in [-0.2, 0) is 0 Å². The van der Waals surface area contributed by atoms with E-state index >= 15 is 0 Å². The molecule has 244 valence electrons. The van der Waals surface area contributed by atoms with Crippen LogP contribution in [0.5, 0.6) is 0 Å². The van der Waals surface area contributed by atoms with Gasteiger partial charge in [-0.3, -0.25) is 0 Å². The molecular weight excluding hydrogens is 647 g/mol. The highest BCUT2D eigenvalue weighted by molar-refractivity contribution is 7.26. The summed E-state index contributed by atoms with van der Waals surface area (Å²) < 4.78 is 2.66. The third-order valence-corrected chi connectivity index (χ3v) is 11.4. The van der Waals surface area contributed by atoms with Gasteiger partial charge in [0.2, 0.25) is 0 Å². The van der Waals surface area contributed by atoms with Crippen LogP contribution in [-0.4, -0.2) is 0 Å². The van der Waals surface area contributed by atoms with Gasteiger partial charge in [-0.15, -0.1) is 11.3 Å². The van der Waals surface area contributed by atoms with Crippen molar-refractivity contribution in [2.75, 3.05) is 4.90 Å². The van der Waals surface area contributed by atoms with Gasteiger partial charge in [0.25, 0.3) is 0 Å². The number of rotatable bonds is 6. The molecule has 0 unspecified atom stereocenters. The first-order valence-corrected chi connectivity index (χ1v) is 18.6. The van der Waals surface area contributed by atoms with Crippen molar-refractivity contribution in [2.45, 2.75) is 0 Å². The lowest BCUT2D eigenvalue weighted by molar-refractivity contribution is 1.29. The molecule has 10 aromatic rings. The molecule has 0 aliphatic rings. The summed E-state index contributed by atoms with van der Waals surface area (Å²) in [5.74, 6) is 0. The van der Waals surface area contributed by atoms with E-state index in [9.17, 15) is 0 Å². The largest absolute Gasteiger partial charge is 0.310 e. The maximum absolute atomic E-state index is 2.38. The van der Waals surface area contributed by atoms with Crippen molar-refractivity contribution in [1.29, 1.82) is 0 Å². The van der Waals surface area contributed by atoms with E-state index in [4.69, 9.17) is 0 Å². The van der Waals surface area contributed by atoms with E-state index in [-0.39, 0.29) is 0 Å². The van der Waals surface area contributed by atoms with Gasteiger partial charge in [0.1, 0.15) is 0 Å². The number of thiophene rings is 1. The van der Waals surface area contributed by atoms with Crippen LogP contribution in [0.4, 0.5) is 17.1 Å². The zero-order valence-corrected chi connectivity index (χ0v) is 29.2. The minimum absolute atomic E-state index is 1.11. The summed E-state index contributed by atoms with van der Waals surface area (Å²) in [6, 6.07) is 73.0. The van der Waals surface area contributed by atoms with Crippen LogP contribution in [0.15, 0.2) is 200 Å². The van der Waals surface area contributed by atoms with Gasteiger partial charge in [-0.05, 0) is 110 Å². The Bertz CT molecular complexity index is 2920. The molecule has 0 spiro atoms. The Labute approximate surface area is 307 Å². The standard InChI is InChI=1S/C50H33NS/c1-3-12-37-30-41(23-22-34(37)10-1)36-24-27-43(28-25-36)51(45-29-26-35-11-2-4-13-39(35)32-45)44-17-8-15-40(33-44)38-14-7-16-42(31-38)46-19-9-20-48-47-18-5-6-21-49(47)52-50(46)48/h1-33H. The van der Waals surface area contributed by atoms with Gasteiger partial charge in [0, 0.05) is 37.2 Å². The fraction of sp³-hybridized carbons (Fsp3) is 0. The lowest BCUT2D eigenvalue weighted by Crippen LogP contribution is -2.10. The normalized spacial score (nSPS) is 11.5. The van der Waals surface area contributed by atoms with Crippen LogP contribution in [0.3, 0.4) is 0 Å². The van der Waals surface area contributed by atoms with E-state index in [1.54, 1.807) is 0 Å². The first-order valence-electron chi connectivity index (χ1n) is 17.7. The van der Waals surface area contributed by atoms with Gasteiger partial charge in [-0.25, -0.2) is 0 Å². The minimum Gasteiger partial charge on any atom is -0.310 e. The number of hydrogen-bond donors (Lipinski definition) is 0. The third kappa shape index (κ3) is 5.42. The highest BCUT2D eigenvalue weighted by atomic mass is 32.1. The molecule has 0 bridgehead atoms. The van der Waals surface area contributed by atoms with E-state index < -0.39 is 0 Å². The summed E-state index contributed by atoms with van der Waals surface area (Å²) in [4.78, 5) is 2.38. The molecule has 1 aromatic heterocycles. The van der Waals surface area contributed by atoms with E-state index in [1.807, 2.05) is 11.3 Å². The Morgan fingerprint density at radius 3 is 1.69 bits per heavy atom. The zero-order valence-electron chi connectivity index (χ0n) is 28.4. The van der Waals surface area contributed by atoms with E-state index in [1.165, 1.54) is 75.1 Å². The second kappa shape index (κ2) is 12.7. The van der Waals surface area contributed by atoms with Crippen LogP contribution in [0.2, 0.25) is 0 Å². The smallest absolute Gasteiger partial charge is 0.0468 e. The molecule has 2 heteroatoms. The van der Waals surface area contributed by atoms with E-state index in [0.29, 0.717) is 0 Å². The topological polar surface area (TPSA) is 3.24 Å². The monoisotopic (exact) mass is 679 g/mol. The fourth-order valence-electron chi connectivity index (χ4n) is 7.60. The maximum atomic E-state index is 2.38. The lowest BCUT2D eigenvalue weighted by atomic mass is 9.97. The van der Waals surface area contributed by atoms with Gasteiger partial charge >= 0.3 is 0 Å². The third-order valence-electron chi connectivity index (χ3n) is 10.2. The quantitative estimate of drug-likeness (QED) is 0.169. The summed E-state index contributed by atoms with van der Waals surface area (Å²) in [7, 11) is 0. The Morgan fingerprint density at radius 2 is 0.865 bits per heavy atom. The predicted octanol–water partition coefficient (Wildman–Crippen LogP) is 14.8. The van der Waals surface area contributed by atoms with Gasteiger partial charge in [0.05, 0.1) is 0 Å². The molecule has 0 N–H and O–H groups in total. The molecule has 0 amide bonds. The molecule has 0 fully saturated rings. The van der Waals surface area contributed by atoms with Gasteiger partial charge in [-0.1, -0.05) is 146 Å². The molecule has 0 radical (unpaired) electrons. The molecule has 9 aromatic carbocycles. The van der Waals surface area contributed by atoms with Crippen molar-refractivity contribution in [3.8, 4) is 33.4 Å². The molecule has 0 aliphatic heterocycles. The number of fused-ring (bicyclic) bond motifs is 5. The van der Waals surface area contributed by atoms with Crippen molar-refractivity contribution in [3.63, 3.8) is 0 Å². The molecule has 0 saturated carbocycles. The highest BCUT2D eigenvalue weighted by Crippen LogP contribution is 2.42. The van der Waals surface area contributed by atoms with E-state index in [0.717, 1.165) is 17.1 Å². The Kier molecular flexibility index (Phi) is 7.41. The van der Waals surface area contributed by atoms with Gasteiger partial charge < -0.3 is 4.90 Å². The SMILES string of the molecule is c1cc(-c2cccc(N(c3ccc(-c4ccc5ccccc5c4)cc3)c3ccc4ccccc4c3)c2)cc(-c2cccc3c2sc2ccccc23)c1. The molecule has 1 heterocycles. The van der Waals surface area contributed by atoms with Crippen LogP contribution >= 0.6 is 11.3 Å². The molecule has 0 saturated heterocycles. The zero-order chi connectivity index (χ0) is 34.4. The second-order valence-corrected chi connectivity index (χ2v) is 14.4. The lowest BCUT2D eigenvalue weighted by Gasteiger charge is -2.26. The van der Waals surface area contributed by atoms with Crippen molar-refractivity contribution < 1.29 is 0 Å². The Hall–Kier alpha value is -6.48. The fourth-order valence-corrected chi connectivity index (χ4v) is 8.84. The summed E-state index contributed by atoms with van der Waals surface area (Å²) in [5, 5.41) is 7.61. The number of nitrogens with zero attached hydrogens (tertiary/aromatic N) is 1.